The van der Waals surface area contributed by atoms with Gasteiger partial charge in [0.1, 0.15) is 5.69 Å². The van der Waals surface area contributed by atoms with Crippen LogP contribution in [0.1, 0.15) is 43.8 Å². The number of pyridine rings is 2. The van der Waals surface area contributed by atoms with E-state index in [1.165, 1.54) is 46.8 Å². The number of nitrogens with one attached hydrogen (secondary N) is 2. The predicted molar refractivity (Wildman–Crippen MR) is 159 cm³/mol. The number of ether oxygens (including phenoxy) is 1. The summed E-state index contributed by atoms with van der Waals surface area (Å²) in [6, 6.07) is 4.84. The van der Waals surface area contributed by atoms with E-state index in [-0.39, 0.29) is 31.0 Å². The van der Waals surface area contributed by atoms with Crippen molar-refractivity contribution in [3.05, 3.63) is 69.8 Å². The molecule has 0 spiro atoms. The molecule has 2 N–H and O–H groups in total. The fourth-order valence-electron chi connectivity index (χ4n) is 4.22. The first-order valence-corrected chi connectivity index (χ1v) is 13.7. The van der Waals surface area contributed by atoms with Crippen molar-refractivity contribution >= 4 is 34.5 Å². The summed E-state index contributed by atoms with van der Waals surface area (Å²) in [5.74, 6) is -1.03. The van der Waals surface area contributed by atoms with E-state index in [0.29, 0.717) is 34.6 Å². The molecule has 0 saturated carbocycles. The van der Waals surface area contributed by atoms with Crippen molar-refractivity contribution in [2.45, 2.75) is 52.7 Å². The average Bonchev–Trinajstić information content (AvgIpc) is 3.36. The zero-order valence-corrected chi connectivity index (χ0v) is 25.2. The maximum Gasteiger partial charge on any atom is 0.410 e. The van der Waals surface area contributed by atoms with Gasteiger partial charge in [0.15, 0.2) is 11.9 Å². The number of rotatable bonds is 11. The van der Waals surface area contributed by atoms with Crippen LogP contribution in [-0.2, 0) is 27.3 Å². The Hall–Kier alpha value is -4.48. The number of aromatic amines is 1. The minimum atomic E-state index is -1.21. The van der Waals surface area contributed by atoms with Crippen LogP contribution in [0.3, 0.4) is 0 Å². The van der Waals surface area contributed by atoms with Crippen LogP contribution in [0.5, 0.6) is 0 Å². The van der Waals surface area contributed by atoms with E-state index < -0.39 is 29.5 Å². The molecule has 3 heterocycles. The molecule has 3 aromatic rings. The summed E-state index contributed by atoms with van der Waals surface area (Å²) in [7, 11) is 6.22. The smallest absolute Gasteiger partial charge is 0.410 e. The Kier molecular flexibility index (Phi) is 10.6. The van der Waals surface area contributed by atoms with Gasteiger partial charge in [-0.15, -0.1) is 0 Å². The van der Waals surface area contributed by atoms with Gasteiger partial charge in [-0.2, -0.15) is 0 Å². The van der Waals surface area contributed by atoms with Crippen LogP contribution in [0.4, 0.5) is 14.9 Å². The first kappa shape index (κ1) is 32.0. The van der Waals surface area contributed by atoms with Crippen molar-refractivity contribution in [1.29, 1.82) is 0 Å². The number of hydrogen-bond acceptors (Lipinski definition) is 6. The highest BCUT2D eigenvalue weighted by Crippen LogP contribution is 2.23. The number of hydrogen-bond donors (Lipinski definition) is 2. The van der Waals surface area contributed by atoms with Gasteiger partial charge in [0.2, 0.25) is 5.91 Å². The summed E-state index contributed by atoms with van der Waals surface area (Å²) < 4.78 is 21.4. The van der Waals surface area contributed by atoms with Crippen molar-refractivity contribution in [3.8, 4) is 0 Å². The van der Waals surface area contributed by atoms with Crippen molar-refractivity contribution < 1.29 is 23.5 Å². The van der Waals surface area contributed by atoms with E-state index >= 15 is 0 Å². The van der Waals surface area contributed by atoms with E-state index in [4.69, 9.17) is 4.74 Å². The highest BCUT2D eigenvalue weighted by Gasteiger charge is 2.25. The summed E-state index contributed by atoms with van der Waals surface area (Å²) >= 11 is 0. The summed E-state index contributed by atoms with van der Waals surface area (Å²) in [6.45, 7) is 5.97. The summed E-state index contributed by atoms with van der Waals surface area (Å²) in [6.07, 6.45) is 3.28. The number of likely N-dealkylation sites (N-methyl/N-ethyl adjacent to an activating group) is 1. The van der Waals surface area contributed by atoms with Gasteiger partial charge < -0.3 is 29.4 Å². The zero-order chi connectivity index (χ0) is 31.1. The molecule has 0 radical (unpaired) electrons. The van der Waals surface area contributed by atoms with Crippen molar-refractivity contribution in [2.24, 2.45) is 5.92 Å². The van der Waals surface area contributed by atoms with Crippen LogP contribution >= 0.6 is 0 Å². The van der Waals surface area contributed by atoms with Gasteiger partial charge in [-0.05, 0) is 56.4 Å². The van der Waals surface area contributed by atoms with Gasteiger partial charge in [-0.1, -0.05) is 19.9 Å². The summed E-state index contributed by atoms with van der Waals surface area (Å²) in [5.41, 5.74) is 2.10. The molecule has 12 heteroatoms. The molecule has 0 fully saturated rings. The second-order valence-electron chi connectivity index (χ2n) is 11.0. The van der Waals surface area contributed by atoms with E-state index in [1.54, 1.807) is 39.2 Å². The molecule has 0 aliphatic heterocycles. The average molecular weight is 583 g/mol. The van der Waals surface area contributed by atoms with E-state index in [0.717, 1.165) is 5.69 Å². The number of halogens is 1. The van der Waals surface area contributed by atoms with Crippen LogP contribution in [0.2, 0.25) is 0 Å². The third-order valence-electron chi connectivity index (χ3n) is 6.53. The minimum Gasteiger partial charge on any atom is -0.436 e. The Labute approximate surface area is 244 Å². The quantitative estimate of drug-likeness (QED) is 0.331. The molecule has 3 rings (SSSR count). The number of nitrogens with zero attached hydrogens (tertiary/aromatic N) is 4. The first-order valence-electron chi connectivity index (χ1n) is 13.7. The molecule has 0 aliphatic rings. The largest absolute Gasteiger partial charge is 0.436 e. The molecule has 11 nitrogen and oxygen atoms in total. The predicted octanol–water partition coefficient (Wildman–Crippen LogP) is 3.85. The Morgan fingerprint density at radius 3 is 2.52 bits per heavy atom. The summed E-state index contributed by atoms with van der Waals surface area (Å²) in [5, 5.41) is 3.00. The molecule has 0 aliphatic carbocycles. The Morgan fingerprint density at radius 1 is 1.17 bits per heavy atom. The van der Waals surface area contributed by atoms with Gasteiger partial charge >= 0.3 is 6.09 Å². The van der Waals surface area contributed by atoms with Gasteiger partial charge in [0, 0.05) is 45.0 Å². The SMILES string of the molecule is Cc1ccc(NC(=O)C(CCC=CC(=O)N(C)C)OC(=O)N(C)C)c(=O)n1Cc1cc2c(F)cnc(CC(C)C)c2[nH]1. The number of H-pyrrole nitrogens is 1. The molecule has 1 unspecified atom stereocenters. The lowest BCUT2D eigenvalue weighted by atomic mass is 10.1. The maximum atomic E-state index is 14.6. The molecule has 226 valence electrons. The van der Waals surface area contributed by atoms with Crippen LogP contribution < -0.4 is 10.9 Å². The lowest BCUT2D eigenvalue weighted by Crippen LogP contribution is -2.38. The highest BCUT2D eigenvalue weighted by atomic mass is 19.1. The lowest BCUT2D eigenvalue weighted by molar-refractivity contribution is -0.125. The number of aromatic nitrogens is 3. The Balaban J connectivity index is 1.85. The van der Waals surface area contributed by atoms with Crippen molar-refractivity contribution in [2.75, 3.05) is 33.5 Å². The topological polar surface area (TPSA) is 130 Å². The van der Waals surface area contributed by atoms with E-state index in [1.807, 2.05) is 0 Å². The third-order valence-corrected chi connectivity index (χ3v) is 6.53. The standard InChI is InChI=1S/C30H39FN6O5/c1-18(2)14-24-27-21(22(31)16-32-24)15-20(33-27)17-37-19(3)12-13-23(29(37)40)34-28(39)25(42-30(41)36(6)7)10-8-9-11-26(38)35(4)5/h9,11-13,15-16,18,25,33H,8,10,14,17H2,1-7H3,(H,34,39). The molecule has 1 atom stereocenters. The van der Waals surface area contributed by atoms with E-state index in [9.17, 15) is 23.6 Å². The molecule has 42 heavy (non-hydrogen) atoms. The number of aryl methyl sites for hydroxylation is 1. The number of fused-ring (bicyclic) bond motifs is 1. The first-order chi connectivity index (χ1) is 19.8. The Morgan fingerprint density at radius 2 is 1.88 bits per heavy atom. The van der Waals surface area contributed by atoms with E-state index in [2.05, 4.69) is 29.1 Å². The van der Waals surface area contributed by atoms with Crippen molar-refractivity contribution in [3.63, 3.8) is 0 Å². The van der Waals surface area contributed by atoms with Crippen molar-refractivity contribution in [1.82, 2.24) is 24.3 Å². The van der Waals surface area contributed by atoms with Crippen LogP contribution in [0.25, 0.3) is 10.9 Å². The van der Waals surface area contributed by atoms with Gasteiger partial charge in [0.25, 0.3) is 11.5 Å². The number of carbonyl (C=O) groups is 3. The minimum absolute atomic E-state index is 0.000662. The van der Waals surface area contributed by atoms with Crippen LogP contribution in [-0.4, -0.2) is 76.5 Å². The number of amides is 3. The molecule has 0 aromatic carbocycles. The molecule has 3 amide bonds. The van der Waals surface area contributed by atoms with Crippen LogP contribution in [0.15, 0.2) is 41.3 Å². The number of anilines is 1. The molecule has 0 bridgehead atoms. The normalized spacial score (nSPS) is 12.1. The fraction of sp³-hybridized carbons (Fsp3) is 0.433. The van der Waals surface area contributed by atoms with Crippen LogP contribution in [0, 0.1) is 18.7 Å². The van der Waals surface area contributed by atoms with Gasteiger partial charge in [0.05, 0.1) is 24.0 Å². The third kappa shape index (κ3) is 8.05. The second-order valence-corrected chi connectivity index (χ2v) is 11.0. The molecular weight excluding hydrogens is 543 g/mol. The van der Waals surface area contributed by atoms with Gasteiger partial charge in [-0.25, -0.2) is 9.18 Å². The molecule has 3 aromatic heterocycles. The second kappa shape index (κ2) is 13.9. The lowest BCUT2D eigenvalue weighted by Gasteiger charge is -2.20. The molecule has 0 saturated heterocycles. The molecular formula is C30H39FN6O5. The van der Waals surface area contributed by atoms with Gasteiger partial charge in [-0.3, -0.25) is 19.4 Å². The maximum absolute atomic E-state index is 14.6. The number of allylic oxidation sites excluding steroid dienone is 1. The monoisotopic (exact) mass is 582 g/mol. The number of carbonyl (C=O) groups excluding carboxylic acids is 3. The zero-order valence-electron chi connectivity index (χ0n) is 25.2. The highest BCUT2D eigenvalue weighted by molar-refractivity contribution is 5.95. The summed E-state index contributed by atoms with van der Waals surface area (Å²) in [4.78, 5) is 60.7. The Bertz CT molecular complexity index is 1540. The fourth-order valence-corrected chi connectivity index (χ4v) is 4.22.